The first kappa shape index (κ1) is 24.8. The maximum Gasteiger partial charge on any atom is 0.338 e. The van der Waals surface area contributed by atoms with Crippen LogP contribution in [-0.4, -0.2) is 33.8 Å². The third-order valence-corrected chi connectivity index (χ3v) is 6.23. The van der Waals surface area contributed by atoms with Crippen LogP contribution in [0.3, 0.4) is 0 Å². The van der Waals surface area contributed by atoms with E-state index in [2.05, 4.69) is 15.6 Å². The number of anilines is 2. The maximum absolute atomic E-state index is 13.4. The highest BCUT2D eigenvalue weighted by Crippen LogP contribution is 2.24. The Morgan fingerprint density at radius 3 is 2.44 bits per heavy atom. The number of aromatic nitrogens is 2. The molecule has 4 rings (SSSR count). The number of carbonyl (C=O) groups is 3. The second kappa shape index (κ2) is 11.0. The standard InChI is InChI=1S/C26H24N4O5S/c1-3-4-13-35-25(34)17-9-8-12-19(15-17)29-23(32)21-22(24(33)28-18-10-6-5-7-11-18)36-26-27-16(2)14-20(31)30(21)26/h5-12,14-15H,3-4,13H2,1-2H3,(H,28,33)(H,29,32). The van der Waals surface area contributed by atoms with Gasteiger partial charge in [0.05, 0.1) is 12.2 Å². The minimum Gasteiger partial charge on any atom is -0.462 e. The number of benzene rings is 2. The zero-order valence-corrected chi connectivity index (χ0v) is 20.6. The van der Waals surface area contributed by atoms with Crippen molar-refractivity contribution < 1.29 is 19.1 Å². The topological polar surface area (TPSA) is 119 Å². The summed E-state index contributed by atoms with van der Waals surface area (Å²) in [5.41, 5.74) is 0.972. The number of rotatable bonds is 8. The van der Waals surface area contributed by atoms with E-state index in [0.717, 1.165) is 28.6 Å². The number of hydrogen-bond acceptors (Lipinski definition) is 7. The molecule has 0 spiro atoms. The molecule has 36 heavy (non-hydrogen) atoms. The van der Waals surface area contributed by atoms with E-state index in [9.17, 15) is 19.2 Å². The number of para-hydroxylation sites is 1. The smallest absolute Gasteiger partial charge is 0.338 e. The summed E-state index contributed by atoms with van der Waals surface area (Å²) in [5, 5.41) is 5.44. The zero-order chi connectivity index (χ0) is 25.7. The average Bonchev–Trinajstić information content (AvgIpc) is 3.25. The van der Waals surface area contributed by atoms with Gasteiger partial charge in [0.2, 0.25) is 0 Å². The molecular formula is C26H24N4O5S. The van der Waals surface area contributed by atoms with E-state index in [1.165, 1.54) is 12.1 Å². The second-order valence-corrected chi connectivity index (χ2v) is 8.96. The van der Waals surface area contributed by atoms with Crippen LogP contribution in [0.5, 0.6) is 0 Å². The van der Waals surface area contributed by atoms with Gasteiger partial charge in [0, 0.05) is 23.1 Å². The van der Waals surface area contributed by atoms with Crippen LogP contribution in [0, 0.1) is 6.92 Å². The monoisotopic (exact) mass is 504 g/mol. The van der Waals surface area contributed by atoms with Crippen molar-refractivity contribution >= 4 is 45.5 Å². The molecule has 2 N–H and O–H groups in total. The number of fused-ring (bicyclic) bond motifs is 1. The van der Waals surface area contributed by atoms with Crippen LogP contribution < -0.4 is 16.2 Å². The van der Waals surface area contributed by atoms with Crippen molar-refractivity contribution in [2.24, 2.45) is 0 Å². The van der Waals surface area contributed by atoms with Crippen molar-refractivity contribution in [1.29, 1.82) is 0 Å². The van der Waals surface area contributed by atoms with Gasteiger partial charge in [0.25, 0.3) is 17.4 Å². The van der Waals surface area contributed by atoms with Crippen molar-refractivity contribution in [3.8, 4) is 0 Å². The number of thiazole rings is 1. The van der Waals surface area contributed by atoms with E-state index in [4.69, 9.17) is 4.74 Å². The van der Waals surface area contributed by atoms with Crippen molar-refractivity contribution in [3.05, 3.63) is 92.8 Å². The fourth-order valence-electron chi connectivity index (χ4n) is 3.46. The highest BCUT2D eigenvalue weighted by Gasteiger charge is 2.26. The molecule has 2 aromatic heterocycles. The Morgan fingerprint density at radius 2 is 1.69 bits per heavy atom. The predicted molar refractivity (Wildman–Crippen MR) is 138 cm³/mol. The van der Waals surface area contributed by atoms with Gasteiger partial charge in [0.1, 0.15) is 10.6 Å². The molecule has 0 unspecified atom stereocenters. The third-order valence-electron chi connectivity index (χ3n) is 5.19. The second-order valence-electron chi connectivity index (χ2n) is 7.98. The molecule has 9 nitrogen and oxygen atoms in total. The van der Waals surface area contributed by atoms with Crippen LogP contribution in [0.1, 0.15) is 56.0 Å². The molecule has 2 heterocycles. The number of nitrogens with one attached hydrogen (secondary N) is 2. The van der Waals surface area contributed by atoms with Crippen molar-refractivity contribution in [2.75, 3.05) is 17.2 Å². The van der Waals surface area contributed by atoms with Crippen LogP contribution in [0.2, 0.25) is 0 Å². The van der Waals surface area contributed by atoms with Crippen LogP contribution in [0.25, 0.3) is 4.96 Å². The number of aryl methyl sites for hydroxylation is 1. The van der Waals surface area contributed by atoms with Crippen LogP contribution in [-0.2, 0) is 4.74 Å². The summed E-state index contributed by atoms with van der Waals surface area (Å²) < 4.78 is 6.36. The van der Waals surface area contributed by atoms with E-state index >= 15 is 0 Å². The van der Waals surface area contributed by atoms with Crippen LogP contribution in [0.15, 0.2) is 65.5 Å². The molecule has 184 valence electrons. The van der Waals surface area contributed by atoms with Gasteiger partial charge >= 0.3 is 5.97 Å². The predicted octanol–water partition coefficient (Wildman–Crippen LogP) is 4.53. The van der Waals surface area contributed by atoms with Crippen molar-refractivity contribution in [1.82, 2.24) is 9.38 Å². The molecule has 0 radical (unpaired) electrons. The van der Waals surface area contributed by atoms with E-state index in [1.54, 1.807) is 49.4 Å². The van der Waals surface area contributed by atoms with Gasteiger partial charge < -0.3 is 15.4 Å². The molecule has 0 fully saturated rings. The molecule has 0 aliphatic carbocycles. The van der Waals surface area contributed by atoms with Crippen molar-refractivity contribution in [3.63, 3.8) is 0 Å². The molecule has 4 aromatic rings. The van der Waals surface area contributed by atoms with Crippen LogP contribution in [0.4, 0.5) is 11.4 Å². The lowest BCUT2D eigenvalue weighted by Gasteiger charge is -2.09. The zero-order valence-electron chi connectivity index (χ0n) is 19.7. The van der Waals surface area contributed by atoms with Gasteiger partial charge in [-0.3, -0.25) is 14.4 Å². The van der Waals surface area contributed by atoms with E-state index < -0.39 is 23.3 Å². The molecule has 10 heteroatoms. The number of nitrogens with zero attached hydrogens (tertiary/aromatic N) is 2. The fraction of sp³-hybridized carbons (Fsp3) is 0.192. The molecular weight excluding hydrogens is 480 g/mol. The van der Waals surface area contributed by atoms with E-state index in [0.29, 0.717) is 23.7 Å². The Labute approximate surface area is 210 Å². The summed E-state index contributed by atoms with van der Waals surface area (Å²) in [7, 11) is 0. The lowest BCUT2D eigenvalue weighted by atomic mass is 10.2. The Balaban J connectivity index is 1.68. The first-order chi connectivity index (χ1) is 17.4. The van der Waals surface area contributed by atoms with Crippen LogP contribution >= 0.6 is 11.3 Å². The van der Waals surface area contributed by atoms with Gasteiger partial charge in [-0.2, -0.15) is 0 Å². The molecule has 2 amide bonds. The Bertz CT molecular complexity index is 1490. The fourth-order valence-corrected chi connectivity index (χ4v) is 4.53. The molecule has 0 aliphatic heterocycles. The first-order valence-corrected chi connectivity index (χ1v) is 12.2. The number of hydrogen-bond donors (Lipinski definition) is 2. The number of esters is 1. The molecule has 2 aromatic carbocycles. The number of ether oxygens (including phenoxy) is 1. The van der Waals surface area contributed by atoms with Gasteiger partial charge in [-0.25, -0.2) is 14.2 Å². The third kappa shape index (κ3) is 5.49. The number of carbonyl (C=O) groups excluding carboxylic acids is 3. The van der Waals surface area contributed by atoms with Crippen molar-refractivity contribution in [2.45, 2.75) is 26.7 Å². The number of unbranched alkanes of at least 4 members (excludes halogenated alkanes) is 1. The minimum atomic E-state index is -0.691. The number of amides is 2. The van der Waals surface area contributed by atoms with Gasteiger partial charge in [-0.15, -0.1) is 0 Å². The van der Waals surface area contributed by atoms with Gasteiger partial charge in [-0.05, 0) is 43.7 Å². The average molecular weight is 505 g/mol. The Morgan fingerprint density at radius 1 is 0.972 bits per heavy atom. The quantitative estimate of drug-likeness (QED) is 0.269. The molecule has 0 saturated heterocycles. The summed E-state index contributed by atoms with van der Waals surface area (Å²) in [6.07, 6.45) is 1.65. The van der Waals surface area contributed by atoms with E-state index in [-0.39, 0.29) is 21.1 Å². The highest BCUT2D eigenvalue weighted by atomic mass is 32.1. The summed E-state index contributed by atoms with van der Waals surface area (Å²) in [5.74, 6) is -1.74. The lowest BCUT2D eigenvalue weighted by molar-refractivity contribution is 0.0499. The maximum atomic E-state index is 13.4. The minimum absolute atomic E-state index is 0.0293. The highest BCUT2D eigenvalue weighted by molar-refractivity contribution is 7.19. The summed E-state index contributed by atoms with van der Waals surface area (Å²) in [4.78, 5) is 56.2. The molecule has 0 saturated carbocycles. The van der Waals surface area contributed by atoms with E-state index in [1.807, 2.05) is 13.0 Å². The summed E-state index contributed by atoms with van der Waals surface area (Å²) >= 11 is 0.943. The Kier molecular flexibility index (Phi) is 7.55. The largest absolute Gasteiger partial charge is 0.462 e. The lowest BCUT2D eigenvalue weighted by Crippen LogP contribution is -2.25. The molecule has 0 bridgehead atoms. The first-order valence-electron chi connectivity index (χ1n) is 11.4. The molecule has 0 atom stereocenters. The van der Waals surface area contributed by atoms with Gasteiger partial charge in [0.15, 0.2) is 4.96 Å². The SMILES string of the molecule is CCCCOC(=O)c1cccc(NC(=O)c2c(C(=O)Nc3ccccc3)sc3nc(C)cc(=O)n23)c1. The summed E-state index contributed by atoms with van der Waals surface area (Å²) in [6.45, 7) is 3.96. The normalized spacial score (nSPS) is 10.7. The molecule has 0 aliphatic rings. The van der Waals surface area contributed by atoms with Gasteiger partial charge in [-0.1, -0.05) is 48.9 Å². The Hall–Kier alpha value is -4.31. The summed E-state index contributed by atoms with van der Waals surface area (Å²) in [6, 6.07) is 16.3.